The van der Waals surface area contributed by atoms with Gasteiger partial charge < -0.3 is 14.5 Å². The number of ketones is 1. The molecule has 4 nitrogen and oxygen atoms in total. The van der Waals surface area contributed by atoms with Crippen LogP contribution in [0.25, 0.3) is 39.0 Å². The number of methoxy groups -OCH3 is 1. The lowest BCUT2D eigenvalue weighted by Gasteiger charge is -2.06. The Morgan fingerprint density at radius 2 is 1.69 bits per heavy atom. The summed E-state index contributed by atoms with van der Waals surface area (Å²) in [4.78, 5) is 16.6. The van der Waals surface area contributed by atoms with Gasteiger partial charge in [-0.2, -0.15) is 0 Å². The first-order valence-electron chi connectivity index (χ1n) is 10.4. The van der Waals surface area contributed by atoms with Crippen LogP contribution in [-0.4, -0.2) is 17.9 Å². The molecular weight excluding hydrogens is 398 g/mol. The molecule has 0 saturated carbocycles. The van der Waals surface area contributed by atoms with E-state index in [1.807, 2.05) is 36.4 Å². The van der Waals surface area contributed by atoms with Gasteiger partial charge in [0.1, 0.15) is 0 Å². The summed E-state index contributed by atoms with van der Waals surface area (Å²) in [5, 5.41) is 3.37. The number of hydrogen-bond donors (Lipinski definition) is 1. The zero-order chi connectivity index (χ0) is 21.7. The van der Waals surface area contributed by atoms with Crippen molar-refractivity contribution >= 4 is 33.5 Å². The lowest BCUT2D eigenvalue weighted by Crippen LogP contribution is -1.98. The van der Waals surface area contributed by atoms with Crippen molar-refractivity contribution in [3.63, 3.8) is 0 Å². The van der Waals surface area contributed by atoms with E-state index in [-0.39, 0.29) is 11.5 Å². The van der Waals surface area contributed by atoms with Crippen molar-refractivity contribution in [1.82, 2.24) is 4.98 Å². The lowest BCUT2D eigenvalue weighted by atomic mass is 10.0. The van der Waals surface area contributed by atoms with Crippen LogP contribution in [0.1, 0.15) is 15.9 Å². The molecule has 4 aromatic carbocycles. The molecule has 1 aliphatic rings. The Balaban J connectivity index is 1.54. The Hall–Kier alpha value is -4.31. The van der Waals surface area contributed by atoms with E-state index in [0.29, 0.717) is 17.1 Å². The number of para-hydroxylation sites is 2. The van der Waals surface area contributed by atoms with Crippen LogP contribution in [0.4, 0.5) is 0 Å². The van der Waals surface area contributed by atoms with Crippen LogP contribution in [0.5, 0.6) is 11.5 Å². The van der Waals surface area contributed by atoms with Gasteiger partial charge in [-0.25, -0.2) is 0 Å². The third-order valence-electron chi connectivity index (χ3n) is 5.94. The van der Waals surface area contributed by atoms with Gasteiger partial charge >= 0.3 is 0 Å². The zero-order valence-corrected chi connectivity index (χ0v) is 17.4. The molecule has 0 bridgehead atoms. The molecule has 0 spiro atoms. The molecule has 0 saturated heterocycles. The number of ether oxygens (including phenoxy) is 2. The maximum atomic E-state index is 13.1. The summed E-state index contributed by atoms with van der Waals surface area (Å²) in [6, 6.07) is 28.1. The number of nitrogens with one attached hydrogen (secondary N) is 1. The normalized spacial score (nSPS) is 14.2. The number of Topliss-reactive ketones (excluding diaryl/α,β-unsaturated/α-hetero) is 1. The highest BCUT2D eigenvalue weighted by Crippen LogP contribution is 2.41. The molecule has 0 aliphatic carbocycles. The van der Waals surface area contributed by atoms with Gasteiger partial charge in [-0.05, 0) is 46.7 Å². The van der Waals surface area contributed by atoms with Crippen LogP contribution in [0, 0.1) is 0 Å². The van der Waals surface area contributed by atoms with Crippen molar-refractivity contribution in [2.24, 2.45) is 0 Å². The smallest absolute Gasteiger partial charge is 0.232 e. The Bertz CT molecular complexity index is 1560. The number of benzene rings is 4. The van der Waals surface area contributed by atoms with Crippen LogP contribution < -0.4 is 9.47 Å². The molecule has 6 rings (SSSR count). The number of carbonyl (C=O) groups is 1. The van der Waals surface area contributed by atoms with E-state index in [1.165, 1.54) is 5.39 Å². The Labute approximate surface area is 184 Å². The van der Waals surface area contributed by atoms with Gasteiger partial charge in [-0.3, -0.25) is 4.79 Å². The maximum absolute atomic E-state index is 13.1. The van der Waals surface area contributed by atoms with Crippen molar-refractivity contribution in [3.05, 3.63) is 102 Å². The number of H-pyrrole nitrogens is 1. The predicted molar refractivity (Wildman–Crippen MR) is 127 cm³/mol. The van der Waals surface area contributed by atoms with E-state index < -0.39 is 0 Å². The van der Waals surface area contributed by atoms with Gasteiger partial charge in [0.2, 0.25) is 5.78 Å². The highest BCUT2D eigenvalue weighted by Gasteiger charge is 2.30. The van der Waals surface area contributed by atoms with Gasteiger partial charge in [0.25, 0.3) is 0 Å². The third-order valence-corrected chi connectivity index (χ3v) is 5.94. The van der Waals surface area contributed by atoms with Crippen molar-refractivity contribution in [2.45, 2.75) is 0 Å². The van der Waals surface area contributed by atoms with E-state index in [2.05, 4.69) is 41.4 Å². The molecule has 2 heterocycles. The second kappa shape index (κ2) is 7.13. The second-order valence-electron chi connectivity index (χ2n) is 7.80. The number of aromatic amines is 1. The molecule has 1 aliphatic heterocycles. The summed E-state index contributed by atoms with van der Waals surface area (Å²) in [6.45, 7) is 0. The van der Waals surface area contributed by atoms with Crippen LogP contribution in [-0.2, 0) is 0 Å². The van der Waals surface area contributed by atoms with Gasteiger partial charge in [-0.1, -0.05) is 60.7 Å². The summed E-state index contributed by atoms with van der Waals surface area (Å²) in [7, 11) is 1.57. The summed E-state index contributed by atoms with van der Waals surface area (Å²) in [6.07, 6.45) is 1.84. The fraction of sp³-hybridized carbons (Fsp3) is 0.0357. The summed E-state index contributed by atoms with van der Waals surface area (Å²) in [5.74, 6) is 1.16. The van der Waals surface area contributed by atoms with Crippen LogP contribution in [0.3, 0.4) is 0 Å². The number of hydrogen-bond acceptors (Lipinski definition) is 3. The topological polar surface area (TPSA) is 51.3 Å². The monoisotopic (exact) mass is 417 g/mol. The first-order chi connectivity index (χ1) is 15.7. The molecule has 0 fully saturated rings. The van der Waals surface area contributed by atoms with Gasteiger partial charge in [0.05, 0.1) is 18.4 Å². The molecule has 0 unspecified atom stereocenters. The molecule has 1 aromatic heterocycles. The average Bonchev–Trinajstić information content (AvgIpc) is 3.37. The minimum atomic E-state index is -0.145. The zero-order valence-electron chi connectivity index (χ0n) is 17.4. The fourth-order valence-electron chi connectivity index (χ4n) is 4.36. The summed E-state index contributed by atoms with van der Waals surface area (Å²) < 4.78 is 11.4. The molecular formula is C28H19NO3. The first kappa shape index (κ1) is 18.5. The van der Waals surface area contributed by atoms with Crippen molar-refractivity contribution in [2.75, 3.05) is 7.11 Å². The van der Waals surface area contributed by atoms with Crippen molar-refractivity contribution in [3.8, 4) is 22.8 Å². The van der Waals surface area contributed by atoms with Crippen molar-refractivity contribution in [1.29, 1.82) is 0 Å². The largest absolute Gasteiger partial charge is 0.493 e. The van der Waals surface area contributed by atoms with E-state index in [0.717, 1.165) is 33.1 Å². The number of allylic oxidation sites excluding steroid dienone is 1. The highest BCUT2D eigenvalue weighted by molar-refractivity contribution is 6.16. The van der Waals surface area contributed by atoms with Crippen molar-refractivity contribution < 1.29 is 14.3 Å². The minimum Gasteiger partial charge on any atom is -0.493 e. The molecule has 4 heteroatoms. The van der Waals surface area contributed by atoms with Crippen LogP contribution in [0.15, 0.2) is 90.7 Å². The van der Waals surface area contributed by atoms with E-state index in [4.69, 9.17) is 9.47 Å². The molecule has 0 amide bonds. The molecule has 32 heavy (non-hydrogen) atoms. The average molecular weight is 417 g/mol. The first-order valence-corrected chi connectivity index (χ1v) is 10.4. The second-order valence-corrected chi connectivity index (χ2v) is 7.80. The minimum absolute atomic E-state index is 0.145. The van der Waals surface area contributed by atoms with Crippen LogP contribution >= 0.6 is 0 Å². The summed E-state index contributed by atoms with van der Waals surface area (Å²) in [5.41, 5.74) is 4.44. The lowest BCUT2D eigenvalue weighted by molar-refractivity contribution is 0.101. The molecule has 154 valence electrons. The SMILES string of the molecule is COc1cccc2c1O/C(=C\c1c(-c3ccc4ccccc4c3)[nH]c3ccccc13)C2=O. The standard InChI is InChI=1S/C28H19NO3/c1-31-24-12-6-10-21-27(30)25(32-28(21)24)16-22-20-9-4-5-11-23(20)29-26(22)19-14-13-17-7-2-3-8-18(17)15-19/h2-16,29H,1H3/b25-16-. The Morgan fingerprint density at radius 3 is 2.56 bits per heavy atom. The Morgan fingerprint density at radius 1 is 0.875 bits per heavy atom. The van der Waals surface area contributed by atoms with E-state index in [1.54, 1.807) is 25.3 Å². The predicted octanol–water partition coefficient (Wildman–Crippen LogP) is 6.61. The molecule has 5 aromatic rings. The van der Waals surface area contributed by atoms with E-state index in [9.17, 15) is 4.79 Å². The van der Waals surface area contributed by atoms with Gasteiger partial charge in [0, 0.05) is 16.5 Å². The third kappa shape index (κ3) is 2.81. The molecule has 0 atom stereocenters. The summed E-state index contributed by atoms with van der Waals surface area (Å²) >= 11 is 0. The molecule has 1 N–H and O–H groups in total. The van der Waals surface area contributed by atoms with Gasteiger partial charge in [-0.15, -0.1) is 0 Å². The molecule has 0 radical (unpaired) electrons. The highest BCUT2D eigenvalue weighted by atomic mass is 16.5. The number of rotatable bonds is 3. The quantitative estimate of drug-likeness (QED) is 0.336. The number of fused-ring (bicyclic) bond motifs is 3. The number of aromatic nitrogens is 1. The van der Waals surface area contributed by atoms with E-state index >= 15 is 0 Å². The number of carbonyl (C=O) groups excluding carboxylic acids is 1. The maximum Gasteiger partial charge on any atom is 0.232 e. The van der Waals surface area contributed by atoms with Crippen LogP contribution in [0.2, 0.25) is 0 Å². The fourth-order valence-corrected chi connectivity index (χ4v) is 4.36. The Kier molecular flexibility index (Phi) is 4.12. The van der Waals surface area contributed by atoms with Gasteiger partial charge in [0.15, 0.2) is 17.3 Å².